The van der Waals surface area contributed by atoms with Crippen LogP contribution in [0.2, 0.25) is 0 Å². The molecule has 3 heteroatoms. The van der Waals surface area contributed by atoms with Crippen LogP contribution in [0.4, 0.5) is 5.69 Å². The zero-order valence-electron chi connectivity index (χ0n) is 10.6. The summed E-state index contributed by atoms with van der Waals surface area (Å²) in [5, 5.41) is 6.04. The standard InChI is InChI=1S/C16H16N2O/c19-16(14-10-17-11-14)18-15-8-6-13(7-9-15)12-4-2-1-3-5-12/h1-9,14,17H,10-11H2,(H,18,19). The largest absolute Gasteiger partial charge is 0.326 e. The fourth-order valence-corrected chi connectivity index (χ4v) is 2.10. The predicted molar refractivity (Wildman–Crippen MR) is 76.9 cm³/mol. The Morgan fingerprint density at radius 3 is 2.16 bits per heavy atom. The van der Waals surface area contributed by atoms with Gasteiger partial charge in [0, 0.05) is 18.8 Å². The zero-order chi connectivity index (χ0) is 13.1. The first-order valence-electron chi connectivity index (χ1n) is 6.50. The molecule has 2 N–H and O–H groups in total. The number of hydrogen-bond donors (Lipinski definition) is 2. The van der Waals surface area contributed by atoms with Crippen LogP contribution in [-0.2, 0) is 4.79 Å². The molecule has 3 nitrogen and oxygen atoms in total. The molecule has 0 spiro atoms. The van der Waals surface area contributed by atoms with Crippen LogP contribution in [0.25, 0.3) is 11.1 Å². The van der Waals surface area contributed by atoms with E-state index >= 15 is 0 Å². The number of carbonyl (C=O) groups is 1. The molecule has 1 fully saturated rings. The van der Waals surface area contributed by atoms with Gasteiger partial charge >= 0.3 is 0 Å². The Morgan fingerprint density at radius 2 is 1.58 bits per heavy atom. The van der Waals surface area contributed by atoms with Gasteiger partial charge in [0.25, 0.3) is 0 Å². The Bertz CT molecular complexity index is 559. The summed E-state index contributed by atoms with van der Waals surface area (Å²) in [5.41, 5.74) is 3.20. The van der Waals surface area contributed by atoms with Crippen molar-refractivity contribution in [2.45, 2.75) is 0 Å². The van der Waals surface area contributed by atoms with Crippen molar-refractivity contribution in [2.75, 3.05) is 18.4 Å². The van der Waals surface area contributed by atoms with Crippen molar-refractivity contribution in [3.63, 3.8) is 0 Å². The molecule has 1 aliphatic heterocycles. The lowest BCUT2D eigenvalue weighted by Gasteiger charge is -2.25. The van der Waals surface area contributed by atoms with Crippen LogP contribution in [-0.4, -0.2) is 19.0 Å². The Hall–Kier alpha value is -2.13. The minimum absolute atomic E-state index is 0.103. The highest BCUT2D eigenvalue weighted by atomic mass is 16.2. The van der Waals surface area contributed by atoms with E-state index < -0.39 is 0 Å². The highest BCUT2D eigenvalue weighted by Crippen LogP contribution is 2.21. The Labute approximate surface area is 112 Å². The van der Waals surface area contributed by atoms with Crippen molar-refractivity contribution in [1.29, 1.82) is 0 Å². The SMILES string of the molecule is O=C(Nc1ccc(-c2ccccc2)cc1)C1CNC1. The van der Waals surface area contributed by atoms with Crippen molar-refractivity contribution in [1.82, 2.24) is 5.32 Å². The van der Waals surface area contributed by atoms with E-state index in [1.165, 1.54) is 5.56 Å². The van der Waals surface area contributed by atoms with Gasteiger partial charge in [0.2, 0.25) is 5.91 Å². The second kappa shape index (κ2) is 5.24. The van der Waals surface area contributed by atoms with E-state index in [9.17, 15) is 4.79 Å². The quantitative estimate of drug-likeness (QED) is 0.881. The van der Waals surface area contributed by atoms with Crippen LogP contribution < -0.4 is 10.6 Å². The van der Waals surface area contributed by atoms with Crippen LogP contribution in [0, 0.1) is 5.92 Å². The normalized spacial score (nSPS) is 14.7. The third-order valence-corrected chi connectivity index (χ3v) is 3.41. The van der Waals surface area contributed by atoms with Gasteiger partial charge in [-0.05, 0) is 23.3 Å². The molecule has 19 heavy (non-hydrogen) atoms. The number of rotatable bonds is 3. The fraction of sp³-hybridized carbons (Fsp3) is 0.188. The highest BCUT2D eigenvalue weighted by Gasteiger charge is 2.24. The average Bonchev–Trinajstić information content (AvgIpc) is 2.38. The third-order valence-electron chi connectivity index (χ3n) is 3.41. The maximum atomic E-state index is 11.8. The van der Waals surface area contributed by atoms with Crippen LogP contribution >= 0.6 is 0 Å². The van der Waals surface area contributed by atoms with E-state index in [0.717, 1.165) is 24.3 Å². The van der Waals surface area contributed by atoms with E-state index in [0.29, 0.717) is 0 Å². The van der Waals surface area contributed by atoms with E-state index in [1.807, 2.05) is 42.5 Å². The predicted octanol–water partition coefficient (Wildman–Crippen LogP) is 2.51. The van der Waals surface area contributed by atoms with Crippen molar-refractivity contribution < 1.29 is 4.79 Å². The third kappa shape index (κ3) is 2.66. The van der Waals surface area contributed by atoms with Crippen LogP contribution in [0.15, 0.2) is 54.6 Å². The second-order valence-electron chi connectivity index (χ2n) is 4.79. The summed E-state index contributed by atoms with van der Waals surface area (Å²) in [6.07, 6.45) is 0. The molecule has 0 saturated carbocycles. The molecule has 0 aliphatic carbocycles. The van der Waals surface area contributed by atoms with Crippen LogP contribution in [0.5, 0.6) is 0 Å². The summed E-state index contributed by atoms with van der Waals surface area (Å²) in [5.74, 6) is 0.222. The first-order valence-corrected chi connectivity index (χ1v) is 6.50. The number of benzene rings is 2. The molecule has 2 aromatic carbocycles. The molecule has 0 unspecified atom stereocenters. The van der Waals surface area contributed by atoms with Crippen LogP contribution in [0.1, 0.15) is 0 Å². The maximum Gasteiger partial charge on any atom is 0.230 e. The highest BCUT2D eigenvalue weighted by molar-refractivity contribution is 5.93. The number of nitrogens with one attached hydrogen (secondary N) is 2. The maximum absolute atomic E-state index is 11.8. The van der Waals surface area contributed by atoms with Crippen molar-refractivity contribution in [3.05, 3.63) is 54.6 Å². The summed E-state index contributed by atoms with van der Waals surface area (Å²) in [4.78, 5) is 11.8. The molecule has 0 aromatic heterocycles. The molecule has 0 atom stereocenters. The number of anilines is 1. The summed E-state index contributed by atoms with van der Waals surface area (Å²) in [7, 11) is 0. The molecule has 1 heterocycles. The molecule has 96 valence electrons. The van der Waals surface area contributed by atoms with Gasteiger partial charge in [-0.3, -0.25) is 4.79 Å². The van der Waals surface area contributed by atoms with Gasteiger partial charge in [0.15, 0.2) is 0 Å². The monoisotopic (exact) mass is 252 g/mol. The van der Waals surface area contributed by atoms with Gasteiger partial charge in [-0.25, -0.2) is 0 Å². The number of carbonyl (C=O) groups excluding carboxylic acids is 1. The summed E-state index contributed by atoms with van der Waals surface area (Å²) in [6.45, 7) is 1.57. The van der Waals surface area contributed by atoms with E-state index in [2.05, 4.69) is 22.8 Å². The Morgan fingerprint density at radius 1 is 0.947 bits per heavy atom. The molecule has 3 rings (SSSR count). The molecule has 1 saturated heterocycles. The topological polar surface area (TPSA) is 41.1 Å². The first kappa shape index (κ1) is 11.9. The lowest BCUT2D eigenvalue weighted by Crippen LogP contribution is -2.48. The molecule has 2 aromatic rings. The average molecular weight is 252 g/mol. The van der Waals surface area contributed by atoms with Gasteiger partial charge in [-0.15, -0.1) is 0 Å². The Kier molecular flexibility index (Phi) is 3.29. The van der Waals surface area contributed by atoms with Gasteiger partial charge < -0.3 is 10.6 Å². The van der Waals surface area contributed by atoms with E-state index in [4.69, 9.17) is 0 Å². The minimum atomic E-state index is 0.103. The van der Waals surface area contributed by atoms with E-state index in [-0.39, 0.29) is 11.8 Å². The van der Waals surface area contributed by atoms with Gasteiger partial charge in [0.1, 0.15) is 0 Å². The molecule has 0 radical (unpaired) electrons. The van der Waals surface area contributed by atoms with Crippen LogP contribution in [0.3, 0.4) is 0 Å². The van der Waals surface area contributed by atoms with Crippen molar-refractivity contribution >= 4 is 11.6 Å². The van der Waals surface area contributed by atoms with Gasteiger partial charge in [0.05, 0.1) is 5.92 Å². The van der Waals surface area contributed by atoms with Crippen molar-refractivity contribution in [2.24, 2.45) is 5.92 Å². The number of hydrogen-bond acceptors (Lipinski definition) is 2. The lowest BCUT2D eigenvalue weighted by molar-refractivity contribution is -0.121. The van der Waals surface area contributed by atoms with Gasteiger partial charge in [-0.1, -0.05) is 42.5 Å². The smallest absolute Gasteiger partial charge is 0.230 e. The molecule has 1 aliphatic rings. The summed E-state index contributed by atoms with van der Waals surface area (Å²) < 4.78 is 0. The number of amides is 1. The molecular weight excluding hydrogens is 236 g/mol. The molecule has 0 bridgehead atoms. The lowest BCUT2D eigenvalue weighted by atomic mass is 10.0. The molecule has 1 amide bonds. The zero-order valence-corrected chi connectivity index (χ0v) is 10.6. The second-order valence-corrected chi connectivity index (χ2v) is 4.79. The minimum Gasteiger partial charge on any atom is -0.326 e. The summed E-state index contributed by atoms with van der Waals surface area (Å²) in [6, 6.07) is 18.2. The first-order chi connectivity index (χ1) is 9.33. The van der Waals surface area contributed by atoms with Gasteiger partial charge in [-0.2, -0.15) is 0 Å². The fourth-order valence-electron chi connectivity index (χ4n) is 2.10. The molecular formula is C16H16N2O. The van der Waals surface area contributed by atoms with Crippen molar-refractivity contribution in [3.8, 4) is 11.1 Å². The Balaban J connectivity index is 1.70. The van der Waals surface area contributed by atoms with E-state index in [1.54, 1.807) is 0 Å². The summed E-state index contributed by atoms with van der Waals surface area (Å²) >= 11 is 0.